The van der Waals surface area contributed by atoms with Gasteiger partial charge in [0.05, 0.1) is 30.2 Å². The molecular weight excluding hydrogens is 456 g/mol. The summed E-state index contributed by atoms with van der Waals surface area (Å²) in [6.07, 6.45) is 6.30. The fraction of sp³-hybridized carbons (Fsp3) is 0.292. The molecule has 10 heteroatoms. The molecule has 1 amide bonds. The maximum atomic E-state index is 13.4. The van der Waals surface area contributed by atoms with Crippen LogP contribution in [0.3, 0.4) is 0 Å². The van der Waals surface area contributed by atoms with E-state index in [2.05, 4.69) is 27.2 Å². The minimum absolute atomic E-state index is 0.139. The van der Waals surface area contributed by atoms with E-state index >= 15 is 0 Å². The zero-order valence-electron chi connectivity index (χ0n) is 18.8. The third kappa shape index (κ3) is 5.02. The van der Waals surface area contributed by atoms with Gasteiger partial charge >= 0.3 is 0 Å². The summed E-state index contributed by atoms with van der Waals surface area (Å²) < 4.78 is 35.1. The number of aromatic hydroxyl groups is 1. The van der Waals surface area contributed by atoms with E-state index in [-0.39, 0.29) is 16.1 Å². The number of carbonyl (C=O) groups is 1. The number of benzene rings is 2. The van der Waals surface area contributed by atoms with Crippen molar-refractivity contribution in [2.75, 3.05) is 29.8 Å². The first-order valence-corrected chi connectivity index (χ1v) is 12.6. The molecule has 3 aromatic rings. The number of allylic oxidation sites excluding steroid dienone is 1. The molecule has 1 aliphatic heterocycles. The number of nitrogens with two attached hydrogens (primary N) is 1. The van der Waals surface area contributed by atoms with Crippen LogP contribution < -0.4 is 15.8 Å². The number of sulfonamides is 1. The monoisotopic (exact) mass is 484 g/mol. The van der Waals surface area contributed by atoms with Crippen molar-refractivity contribution in [1.29, 1.82) is 0 Å². The molecule has 0 radical (unpaired) electrons. The lowest BCUT2D eigenvalue weighted by Gasteiger charge is -2.17. The number of fused-ring (bicyclic) bond motifs is 5. The summed E-state index contributed by atoms with van der Waals surface area (Å²) in [7, 11) is -4.15. The molecule has 6 N–H and O–H groups in total. The Bertz CT molecular complexity index is 1360. The van der Waals surface area contributed by atoms with Crippen LogP contribution >= 0.6 is 0 Å². The molecule has 0 aliphatic carbocycles. The van der Waals surface area contributed by atoms with Crippen LogP contribution in [0.4, 0.5) is 11.4 Å². The van der Waals surface area contributed by atoms with Crippen LogP contribution in [-0.4, -0.2) is 44.2 Å². The number of carbonyl (C=O) groups excluding carboxylic acids is 1. The second-order valence-corrected chi connectivity index (χ2v) is 9.73. The maximum absolute atomic E-state index is 13.4. The van der Waals surface area contributed by atoms with Crippen molar-refractivity contribution in [3.8, 4) is 5.75 Å². The van der Waals surface area contributed by atoms with Crippen molar-refractivity contribution in [1.82, 2.24) is 4.98 Å². The van der Waals surface area contributed by atoms with Gasteiger partial charge in [-0.15, -0.1) is 0 Å². The highest BCUT2D eigenvalue weighted by Gasteiger charge is 2.24. The third-order valence-corrected chi connectivity index (χ3v) is 7.08. The van der Waals surface area contributed by atoms with Gasteiger partial charge in [0, 0.05) is 29.2 Å². The number of amides is 1. The number of hydrogen-bond acceptors (Lipinski definition) is 6. The van der Waals surface area contributed by atoms with Crippen LogP contribution in [0.25, 0.3) is 10.9 Å². The van der Waals surface area contributed by atoms with Gasteiger partial charge in [0.2, 0.25) is 0 Å². The molecule has 0 saturated heterocycles. The molecule has 1 aliphatic rings. The molecule has 0 unspecified atom stereocenters. The van der Waals surface area contributed by atoms with Gasteiger partial charge in [0.1, 0.15) is 10.6 Å². The number of phenols is 1. The van der Waals surface area contributed by atoms with Crippen LogP contribution in [0.2, 0.25) is 0 Å². The summed E-state index contributed by atoms with van der Waals surface area (Å²) in [5, 5.41) is 14.2. The van der Waals surface area contributed by atoms with Crippen LogP contribution in [0.5, 0.6) is 5.75 Å². The maximum Gasteiger partial charge on any atom is 0.263 e. The van der Waals surface area contributed by atoms with Gasteiger partial charge in [0.15, 0.2) is 0 Å². The topological polar surface area (TPSA) is 147 Å². The number of rotatable bonds is 2. The molecule has 0 atom stereocenters. The summed E-state index contributed by atoms with van der Waals surface area (Å²) in [5.74, 6) is -1.34. The number of aromatic nitrogens is 1. The first-order chi connectivity index (χ1) is 16.3. The quantitative estimate of drug-likeness (QED) is 0.353. The average molecular weight is 485 g/mol. The normalized spacial score (nSPS) is 17.3. The minimum atomic E-state index is -4.15. The second kappa shape index (κ2) is 9.78. The standard InChI is InChI=1S/C24H28N4O5S/c1-2-16-11-18-15-6-4-3-5-8-33-9-7-26-21-14-22(29)19(24(25)30)13-23(21)34(31,32)28-17(10-15)12-20(18)27-16/h3-4,10-14,26-29H,2,5-9H2,1H3,(H2,25,30)/b4-3+. The number of hydrogen-bond donors (Lipinski definition) is 5. The Morgan fingerprint density at radius 2 is 1.97 bits per heavy atom. The SMILES string of the molecule is CCc1cc2c3cc(cc2[nH]1)NS(=O)(=O)c1cc(C(N)=O)c(O)cc1NCCOCC/C=C/C3. The molecule has 9 nitrogen and oxygen atoms in total. The Kier molecular flexibility index (Phi) is 6.80. The lowest BCUT2D eigenvalue weighted by atomic mass is 10.1. The van der Waals surface area contributed by atoms with Crippen molar-refractivity contribution in [3.63, 3.8) is 0 Å². The number of nitrogens with one attached hydrogen (secondary N) is 3. The van der Waals surface area contributed by atoms with Gasteiger partial charge in [-0.25, -0.2) is 8.42 Å². The average Bonchev–Trinajstić information content (AvgIpc) is 3.20. The summed E-state index contributed by atoms with van der Waals surface area (Å²) in [5.41, 5.74) is 8.43. The summed E-state index contributed by atoms with van der Waals surface area (Å²) in [4.78, 5) is 14.9. The smallest absolute Gasteiger partial charge is 0.263 e. The summed E-state index contributed by atoms with van der Waals surface area (Å²) >= 11 is 0. The number of aromatic amines is 1. The van der Waals surface area contributed by atoms with Crippen LogP contribution in [0, 0.1) is 0 Å². The molecule has 4 rings (SSSR count). The molecule has 1 aromatic heterocycles. The summed E-state index contributed by atoms with van der Waals surface area (Å²) in [6.45, 7) is 3.21. The molecule has 2 bridgehead atoms. The first kappa shape index (κ1) is 23.7. The van der Waals surface area contributed by atoms with Crippen molar-refractivity contribution >= 4 is 38.2 Å². The molecule has 0 spiro atoms. The summed E-state index contributed by atoms with van der Waals surface area (Å²) in [6, 6.07) is 7.91. The van der Waals surface area contributed by atoms with Gasteiger partial charge in [0.25, 0.3) is 15.9 Å². The van der Waals surface area contributed by atoms with Gasteiger partial charge in [-0.1, -0.05) is 19.1 Å². The molecular formula is C24H28N4O5S. The highest BCUT2D eigenvalue weighted by atomic mass is 32.2. The van der Waals surface area contributed by atoms with Crippen LogP contribution in [-0.2, 0) is 27.6 Å². The Hall–Kier alpha value is -3.50. The Morgan fingerprint density at radius 3 is 2.74 bits per heavy atom. The van der Waals surface area contributed by atoms with Crippen LogP contribution in [0.15, 0.2) is 47.4 Å². The number of primary amides is 1. The predicted octanol–water partition coefficient (Wildman–Crippen LogP) is 3.27. The number of ether oxygens (including phenoxy) is 1. The Labute approximate surface area is 198 Å². The lowest BCUT2D eigenvalue weighted by Crippen LogP contribution is -2.19. The largest absolute Gasteiger partial charge is 0.507 e. The van der Waals surface area contributed by atoms with E-state index in [9.17, 15) is 18.3 Å². The molecule has 34 heavy (non-hydrogen) atoms. The molecule has 0 fully saturated rings. The number of anilines is 2. The minimum Gasteiger partial charge on any atom is -0.507 e. The van der Waals surface area contributed by atoms with E-state index in [4.69, 9.17) is 10.5 Å². The number of H-pyrrole nitrogens is 1. The van der Waals surface area contributed by atoms with Crippen molar-refractivity contribution in [3.05, 3.63) is 59.3 Å². The predicted molar refractivity (Wildman–Crippen MR) is 132 cm³/mol. The van der Waals surface area contributed by atoms with E-state index < -0.39 is 21.7 Å². The molecule has 0 saturated carbocycles. The van der Waals surface area contributed by atoms with Crippen molar-refractivity contribution in [2.45, 2.75) is 31.1 Å². The fourth-order valence-corrected chi connectivity index (χ4v) is 5.20. The third-order valence-electron chi connectivity index (χ3n) is 5.66. The van der Waals surface area contributed by atoms with Gasteiger partial charge in [-0.05, 0) is 49.1 Å². The van der Waals surface area contributed by atoms with E-state index in [1.807, 2.05) is 19.1 Å². The van der Waals surface area contributed by atoms with E-state index in [0.717, 1.165) is 41.1 Å². The van der Waals surface area contributed by atoms with Gasteiger partial charge in [-0.3, -0.25) is 9.52 Å². The Morgan fingerprint density at radius 1 is 1.15 bits per heavy atom. The first-order valence-electron chi connectivity index (χ1n) is 11.1. The zero-order valence-corrected chi connectivity index (χ0v) is 19.7. The molecule has 2 heterocycles. The van der Waals surface area contributed by atoms with Crippen molar-refractivity contribution in [2.24, 2.45) is 5.73 Å². The Balaban J connectivity index is 1.84. The highest BCUT2D eigenvalue weighted by molar-refractivity contribution is 7.92. The second-order valence-electron chi connectivity index (χ2n) is 8.08. The van der Waals surface area contributed by atoms with E-state index in [1.165, 1.54) is 6.07 Å². The highest BCUT2D eigenvalue weighted by Crippen LogP contribution is 2.32. The van der Waals surface area contributed by atoms with Gasteiger partial charge < -0.3 is 25.9 Å². The van der Waals surface area contributed by atoms with E-state index in [0.29, 0.717) is 31.9 Å². The van der Waals surface area contributed by atoms with Crippen LogP contribution in [0.1, 0.15) is 35.0 Å². The van der Waals surface area contributed by atoms with E-state index in [1.54, 1.807) is 6.07 Å². The molecule has 180 valence electrons. The fourth-order valence-electron chi connectivity index (χ4n) is 3.96. The number of aryl methyl sites for hydroxylation is 1. The lowest BCUT2D eigenvalue weighted by molar-refractivity contribution is 0.0997. The van der Waals surface area contributed by atoms with Gasteiger partial charge in [-0.2, -0.15) is 0 Å². The van der Waals surface area contributed by atoms with Crippen molar-refractivity contribution < 1.29 is 23.1 Å². The zero-order chi connectivity index (χ0) is 24.3. The molecule has 2 aromatic carbocycles.